The van der Waals surface area contributed by atoms with Crippen molar-refractivity contribution in [1.82, 2.24) is 19.9 Å². The van der Waals surface area contributed by atoms with Gasteiger partial charge in [-0.15, -0.1) is 11.8 Å². The van der Waals surface area contributed by atoms with Gasteiger partial charge in [0.15, 0.2) is 5.78 Å². The first-order valence-electron chi connectivity index (χ1n) is 11.6. The maximum Gasteiger partial charge on any atom is 0.165 e. The molecule has 0 fully saturated rings. The van der Waals surface area contributed by atoms with Crippen LogP contribution < -0.4 is 11.1 Å². The molecule has 2 aromatic heterocycles. The molecular formula is C26H35N5OS. The smallest absolute Gasteiger partial charge is 0.165 e. The highest BCUT2D eigenvalue weighted by Crippen LogP contribution is 2.41. The highest BCUT2D eigenvalue weighted by molar-refractivity contribution is 7.99. The van der Waals surface area contributed by atoms with Crippen molar-refractivity contribution in [2.45, 2.75) is 59.3 Å². The second-order valence-corrected chi connectivity index (χ2v) is 12.2. The van der Waals surface area contributed by atoms with E-state index < -0.39 is 0 Å². The van der Waals surface area contributed by atoms with Gasteiger partial charge >= 0.3 is 0 Å². The lowest BCUT2D eigenvalue weighted by atomic mass is 9.75. The number of thioether (sulfide) groups is 1. The number of Topliss-reactive ketones (excluding diaryl/α,β-unsaturated/α-hetero) is 1. The van der Waals surface area contributed by atoms with Gasteiger partial charge in [0.2, 0.25) is 0 Å². The van der Waals surface area contributed by atoms with E-state index in [1.807, 2.05) is 13.0 Å². The summed E-state index contributed by atoms with van der Waals surface area (Å²) < 4.78 is 2.21. The molecule has 0 radical (unpaired) electrons. The number of nitrogens with zero attached hydrogens (tertiary/aromatic N) is 3. The van der Waals surface area contributed by atoms with Crippen LogP contribution in [-0.2, 0) is 6.42 Å². The van der Waals surface area contributed by atoms with Crippen molar-refractivity contribution in [3.63, 3.8) is 0 Å². The first-order valence-corrected chi connectivity index (χ1v) is 12.6. The van der Waals surface area contributed by atoms with Crippen LogP contribution >= 0.6 is 11.8 Å². The zero-order chi connectivity index (χ0) is 24.0. The molecule has 1 aliphatic rings. The Balaban J connectivity index is 1.77. The van der Waals surface area contributed by atoms with E-state index in [1.165, 1.54) is 6.33 Å². The molecule has 33 heavy (non-hydrogen) atoms. The van der Waals surface area contributed by atoms with Crippen LogP contribution in [0.5, 0.6) is 0 Å². The van der Waals surface area contributed by atoms with Crippen molar-refractivity contribution in [2.24, 2.45) is 10.8 Å². The van der Waals surface area contributed by atoms with E-state index in [0.29, 0.717) is 12.2 Å². The Morgan fingerprint density at radius 2 is 1.97 bits per heavy atom. The van der Waals surface area contributed by atoms with Crippen LogP contribution in [0.1, 0.15) is 62.7 Å². The van der Waals surface area contributed by atoms with Gasteiger partial charge in [-0.3, -0.25) is 4.79 Å². The fourth-order valence-electron chi connectivity index (χ4n) is 4.63. The normalized spacial score (nSPS) is 15.8. The number of hydrogen-bond acceptors (Lipinski definition) is 6. The molecule has 0 spiro atoms. The van der Waals surface area contributed by atoms with E-state index >= 15 is 0 Å². The molecule has 0 amide bonds. The van der Waals surface area contributed by atoms with E-state index in [9.17, 15) is 4.79 Å². The zero-order valence-electron chi connectivity index (χ0n) is 20.6. The van der Waals surface area contributed by atoms with E-state index in [-0.39, 0.29) is 16.6 Å². The van der Waals surface area contributed by atoms with E-state index in [1.54, 1.807) is 11.8 Å². The first kappa shape index (κ1) is 23.8. The Kier molecular flexibility index (Phi) is 6.31. The van der Waals surface area contributed by atoms with Crippen molar-refractivity contribution in [2.75, 3.05) is 24.6 Å². The van der Waals surface area contributed by atoms with Gasteiger partial charge in [0.25, 0.3) is 0 Å². The van der Waals surface area contributed by atoms with E-state index in [2.05, 4.69) is 66.7 Å². The fourth-order valence-corrected chi connectivity index (χ4v) is 5.69. The number of carbonyl (C=O) groups is 1. The first-order chi connectivity index (χ1) is 15.5. The molecule has 0 saturated heterocycles. The maximum atomic E-state index is 13.0. The van der Waals surface area contributed by atoms with Gasteiger partial charge in [-0.1, -0.05) is 34.6 Å². The molecule has 0 bridgehead atoms. The number of ketones is 1. The number of benzene rings is 1. The minimum atomic E-state index is -0.0553. The maximum absolute atomic E-state index is 13.0. The van der Waals surface area contributed by atoms with Gasteiger partial charge in [0, 0.05) is 48.1 Å². The SMILES string of the molecule is Cc1cn(-c2ccc3c(N)ncnc3c2SCCNCC(C)(C)C)c2c1C(=O)CC(C)(C)C2. The number of nitrogen functional groups attached to an aromatic ring is 1. The number of anilines is 1. The summed E-state index contributed by atoms with van der Waals surface area (Å²) >= 11 is 1.78. The molecule has 6 nitrogen and oxygen atoms in total. The summed E-state index contributed by atoms with van der Waals surface area (Å²) in [6.07, 6.45) is 5.10. The number of aryl methyl sites for hydroxylation is 1. The van der Waals surface area contributed by atoms with Gasteiger partial charge in [-0.05, 0) is 41.9 Å². The summed E-state index contributed by atoms with van der Waals surface area (Å²) in [4.78, 5) is 22.8. The standard InChI is InChI=1S/C26H35N5OS/c1-16-13-31(19-11-26(5,6)12-20(32)21(16)19)18-8-7-17-22(29-15-30-24(17)27)23(18)33-10-9-28-14-25(2,3)4/h7-8,13,15,28H,9-12,14H2,1-6H3,(H2,27,29,30). The lowest BCUT2D eigenvalue weighted by Crippen LogP contribution is -2.28. The number of nitrogens with one attached hydrogen (secondary N) is 1. The molecule has 7 heteroatoms. The minimum Gasteiger partial charge on any atom is -0.383 e. The third kappa shape index (κ3) is 4.94. The summed E-state index contributed by atoms with van der Waals surface area (Å²) in [5, 5.41) is 4.42. The third-order valence-corrected chi connectivity index (χ3v) is 7.17. The molecule has 1 aromatic carbocycles. The molecule has 0 atom stereocenters. The Hall–Kier alpha value is -2.38. The highest BCUT2D eigenvalue weighted by atomic mass is 32.2. The Bertz CT molecular complexity index is 1210. The van der Waals surface area contributed by atoms with Crippen LogP contribution in [0.15, 0.2) is 29.6 Å². The average Bonchev–Trinajstić information content (AvgIpc) is 3.02. The fraction of sp³-hybridized carbons (Fsp3) is 0.500. The van der Waals surface area contributed by atoms with E-state index in [4.69, 9.17) is 5.73 Å². The molecule has 176 valence electrons. The molecule has 1 aliphatic carbocycles. The second kappa shape index (κ2) is 8.76. The number of hydrogen-bond donors (Lipinski definition) is 2. The van der Waals surface area contributed by atoms with E-state index in [0.717, 1.165) is 63.6 Å². The van der Waals surface area contributed by atoms with Crippen LogP contribution in [0, 0.1) is 17.8 Å². The molecule has 3 aromatic rings. The quantitative estimate of drug-likeness (QED) is 0.385. The van der Waals surface area contributed by atoms with Crippen molar-refractivity contribution in [3.8, 4) is 5.69 Å². The largest absolute Gasteiger partial charge is 0.383 e. The molecule has 4 rings (SSSR count). The summed E-state index contributed by atoms with van der Waals surface area (Å²) in [6, 6.07) is 4.10. The number of fused-ring (bicyclic) bond motifs is 2. The number of aromatic nitrogens is 3. The molecule has 0 unspecified atom stereocenters. The Labute approximate surface area is 200 Å². The number of nitrogens with two attached hydrogens (primary N) is 1. The van der Waals surface area contributed by atoms with Crippen LogP contribution in [0.2, 0.25) is 0 Å². The highest BCUT2D eigenvalue weighted by Gasteiger charge is 2.35. The van der Waals surface area contributed by atoms with Gasteiger partial charge < -0.3 is 15.6 Å². The van der Waals surface area contributed by atoms with Gasteiger partial charge in [0.05, 0.1) is 16.1 Å². The third-order valence-electron chi connectivity index (χ3n) is 6.07. The molecule has 0 saturated carbocycles. The van der Waals surface area contributed by atoms with Crippen molar-refractivity contribution in [3.05, 3.63) is 41.5 Å². The van der Waals surface area contributed by atoms with Crippen molar-refractivity contribution < 1.29 is 4.79 Å². The summed E-state index contributed by atoms with van der Waals surface area (Å²) in [6.45, 7) is 14.9. The summed E-state index contributed by atoms with van der Waals surface area (Å²) in [5.74, 6) is 1.63. The van der Waals surface area contributed by atoms with Crippen LogP contribution in [0.3, 0.4) is 0 Å². The average molecular weight is 466 g/mol. The zero-order valence-corrected chi connectivity index (χ0v) is 21.4. The van der Waals surface area contributed by atoms with Crippen LogP contribution in [0.25, 0.3) is 16.6 Å². The van der Waals surface area contributed by atoms with Crippen molar-refractivity contribution in [1.29, 1.82) is 0 Å². The van der Waals surface area contributed by atoms with Crippen LogP contribution in [-0.4, -0.2) is 39.2 Å². The monoisotopic (exact) mass is 465 g/mol. The molecule has 3 N–H and O–H groups in total. The minimum absolute atomic E-state index is 0.0553. The lowest BCUT2D eigenvalue weighted by Gasteiger charge is -2.30. The number of carbonyl (C=O) groups excluding carboxylic acids is 1. The van der Waals surface area contributed by atoms with Gasteiger partial charge in [0.1, 0.15) is 12.1 Å². The molecule has 2 heterocycles. The number of rotatable bonds is 6. The second-order valence-electron chi connectivity index (χ2n) is 11.1. The van der Waals surface area contributed by atoms with Crippen LogP contribution in [0.4, 0.5) is 5.82 Å². The summed E-state index contributed by atoms with van der Waals surface area (Å²) in [5.41, 5.74) is 11.3. The topological polar surface area (TPSA) is 85.8 Å². The van der Waals surface area contributed by atoms with Crippen molar-refractivity contribution >= 4 is 34.3 Å². The van der Waals surface area contributed by atoms with Gasteiger partial charge in [-0.25, -0.2) is 9.97 Å². The predicted molar refractivity (Wildman–Crippen MR) is 137 cm³/mol. The molecular weight excluding hydrogens is 430 g/mol. The lowest BCUT2D eigenvalue weighted by molar-refractivity contribution is 0.0910. The Morgan fingerprint density at radius 1 is 1.21 bits per heavy atom. The molecule has 0 aliphatic heterocycles. The Morgan fingerprint density at radius 3 is 2.70 bits per heavy atom. The van der Waals surface area contributed by atoms with Gasteiger partial charge in [-0.2, -0.15) is 0 Å². The summed E-state index contributed by atoms with van der Waals surface area (Å²) in [7, 11) is 0. The predicted octanol–water partition coefficient (Wildman–Crippen LogP) is 5.19.